The number of nitriles is 1. The Hall–Kier alpha value is -2.13. The van der Waals surface area contributed by atoms with Gasteiger partial charge in [-0.3, -0.25) is 0 Å². The maximum atomic E-state index is 8.40. The first kappa shape index (κ1) is 12.3. The molecule has 2 rings (SSSR count). The van der Waals surface area contributed by atoms with Crippen molar-refractivity contribution in [3.05, 3.63) is 24.3 Å². The molecule has 0 unspecified atom stereocenters. The van der Waals surface area contributed by atoms with Crippen molar-refractivity contribution in [2.24, 2.45) is 0 Å². The number of nitrogens with zero attached hydrogens (tertiary/aromatic N) is 3. The highest BCUT2D eigenvalue weighted by Crippen LogP contribution is 2.26. The number of anilines is 1. The van der Waals surface area contributed by atoms with Crippen molar-refractivity contribution >= 4 is 16.5 Å². The molecule has 1 aromatic carbocycles. The van der Waals surface area contributed by atoms with Crippen LogP contribution in [0.5, 0.6) is 5.75 Å². The summed E-state index contributed by atoms with van der Waals surface area (Å²) in [5, 5.41) is 17.4. The van der Waals surface area contributed by atoms with Crippen molar-refractivity contribution < 1.29 is 4.74 Å². The summed E-state index contributed by atoms with van der Waals surface area (Å²) in [5.41, 5.74) is 6.50. The third-order valence-corrected chi connectivity index (χ3v) is 3.05. The zero-order valence-electron chi connectivity index (χ0n) is 9.67. The molecule has 0 bridgehead atoms. The number of hydrogen-bond acceptors (Lipinski definition) is 6. The molecule has 0 spiro atoms. The maximum absolute atomic E-state index is 8.40. The number of rotatable bonds is 5. The van der Waals surface area contributed by atoms with Crippen molar-refractivity contribution in [1.82, 2.24) is 10.2 Å². The van der Waals surface area contributed by atoms with Crippen LogP contribution in [0.15, 0.2) is 24.3 Å². The van der Waals surface area contributed by atoms with E-state index in [0.29, 0.717) is 18.2 Å². The second-order valence-corrected chi connectivity index (χ2v) is 4.59. The first-order chi connectivity index (χ1) is 8.79. The predicted molar refractivity (Wildman–Crippen MR) is 70.1 cm³/mol. The van der Waals surface area contributed by atoms with Gasteiger partial charge in [-0.15, -0.1) is 10.2 Å². The zero-order valence-corrected chi connectivity index (χ0v) is 10.5. The summed E-state index contributed by atoms with van der Waals surface area (Å²) in [5.74, 6) is 0.786. The fraction of sp³-hybridized carbons (Fsp3) is 0.250. The van der Waals surface area contributed by atoms with Crippen LogP contribution in [0, 0.1) is 11.3 Å². The Morgan fingerprint density at radius 2 is 2.06 bits per heavy atom. The summed E-state index contributed by atoms with van der Waals surface area (Å²) >= 11 is 1.35. The summed E-state index contributed by atoms with van der Waals surface area (Å²) < 4.78 is 5.50. The molecule has 2 N–H and O–H groups in total. The minimum atomic E-state index is 0.460. The lowest BCUT2D eigenvalue weighted by molar-refractivity contribution is 0.313. The molecule has 92 valence electrons. The lowest BCUT2D eigenvalue weighted by Crippen LogP contribution is -1.96. The Labute approximate surface area is 109 Å². The molecular formula is C12H12N4OS. The first-order valence-electron chi connectivity index (χ1n) is 5.49. The highest BCUT2D eigenvalue weighted by molar-refractivity contribution is 7.18. The maximum Gasteiger partial charge on any atom is 0.203 e. The van der Waals surface area contributed by atoms with Crippen LogP contribution in [0.25, 0.3) is 10.6 Å². The molecule has 0 saturated carbocycles. The van der Waals surface area contributed by atoms with E-state index in [1.54, 1.807) is 0 Å². The highest BCUT2D eigenvalue weighted by Gasteiger charge is 2.04. The highest BCUT2D eigenvalue weighted by atomic mass is 32.1. The molecule has 5 nitrogen and oxygen atoms in total. The van der Waals surface area contributed by atoms with Gasteiger partial charge in [0.25, 0.3) is 0 Å². The van der Waals surface area contributed by atoms with E-state index in [0.717, 1.165) is 22.7 Å². The topological polar surface area (TPSA) is 84.8 Å². The first-order valence-corrected chi connectivity index (χ1v) is 6.30. The largest absolute Gasteiger partial charge is 0.494 e. The molecule has 0 atom stereocenters. The van der Waals surface area contributed by atoms with E-state index in [1.165, 1.54) is 11.3 Å². The second-order valence-electron chi connectivity index (χ2n) is 3.58. The molecule has 1 aromatic heterocycles. The molecule has 0 radical (unpaired) electrons. The molecule has 0 saturated heterocycles. The van der Waals surface area contributed by atoms with E-state index >= 15 is 0 Å². The summed E-state index contributed by atoms with van der Waals surface area (Å²) in [6.45, 7) is 0.554. The van der Waals surface area contributed by atoms with Crippen molar-refractivity contribution in [2.75, 3.05) is 12.3 Å². The standard InChI is InChI=1S/C12H12N4OS/c13-7-1-2-8-17-10-5-3-9(4-6-10)11-15-16-12(14)18-11/h3-6H,1-2,8H2,(H2,14,16). The molecule has 0 aliphatic rings. The monoisotopic (exact) mass is 260 g/mol. The summed E-state index contributed by atoms with van der Waals surface area (Å²) in [6, 6.07) is 9.66. The van der Waals surface area contributed by atoms with Gasteiger partial charge in [-0.1, -0.05) is 11.3 Å². The third kappa shape index (κ3) is 3.18. The van der Waals surface area contributed by atoms with Crippen LogP contribution < -0.4 is 10.5 Å². The van der Waals surface area contributed by atoms with Gasteiger partial charge in [0, 0.05) is 12.0 Å². The molecule has 1 heterocycles. The minimum Gasteiger partial charge on any atom is -0.494 e. The van der Waals surface area contributed by atoms with Crippen LogP contribution in [0.3, 0.4) is 0 Å². The van der Waals surface area contributed by atoms with E-state index in [4.69, 9.17) is 15.7 Å². The number of ether oxygens (including phenoxy) is 1. The second kappa shape index (κ2) is 5.98. The SMILES string of the molecule is N#CCCCOc1ccc(-c2nnc(N)s2)cc1. The lowest BCUT2D eigenvalue weighted by atomic mass is 10.2. The van der Waals surface area contributed by atoms with E-state index in [-0.39, 0.29) is 0 Å². The van der Waals surface area contributed by atoms with Gasteiger partial charge in [0.1, 0.15) is 10.8 Å². The summed E-state index contributed by atoms with van der Waals surface area (Å²) in [6.07, 6.45) is 1.26. The van der Waals surface area contributed by atoms with Crippen molar-refractivity contribution in [3.8, 4) is 22.4 Å². The average molecular weight is 260 g/mol. The smallest absolute Gasteiger partial charge is 0.203 e. The number of benzene rings is 1. The van der Waals surface area contributed by atoms with Gasteiger partial charge in [0.2, 0.25) is 5.13 Å². The Morgan fingerprint density at radius 1 is 1.28 bits per heavy atom. The normalized spacial score (nSPS) is 9.94. The Balaban J connectivity index is 1.95. The van der Waals surface area contributed by atoms with E-state index in [2.05, 4.69) is 16.3 Å². The molecule has 0 fully saturated rings. The third-order valence-electron chi connectivity index (χ3n) is 2.24. The van der Waals surface area contributed by atoms with E-state index in [9.17, 15) is 0 Å². The molecule has 0 aliphatic heterocycles. The fourth-order valence-electron chi connectivity index (χ4n) is 1.39. The molecule has 2 aromatic rings. The zero-order chi connectivity index (χ0) is 12.8. The van der Waals surface area contributed by atoms with Crippen molar-refractivity contribution in [3.63, 3.8) is 0 Å². The molecule has 0 amide bonds. The molecular weight excluding hydrogens is 248 g/mol. The number of nitrogen functional groups attached to an aromatic ring is 1. The van der Waals surface area contributed by atoms with Gasteiger partial charge in [0.15, 0.2) is 0 Å². The molecule has 18 heavy (non-hydrogen) atoms. The van der Waals surface area contributed by atoms with Gasteiger partial charge >= 0.3 is 0 Å². The Kier molecular flexibility index (Phi) is 4.10. The number of aromatic nitrogens is 2. The lowest BCUT2D eigenvalue weighted by Gasteiger charge is -2.04. The number of nitrogens with two attached hydrogens (primary N) is 1. The van der Waals surface area contributed by atoms with Gasteiger partial charge in [-0.05, 0) is 30.7 Å². The predicted octanol–water partition coefficient (Wildman–Crippen LogP) is 2.47. The van der Waals surface area contributed by atoms with Gasteiger partial charge in [-0.2, -0.15) is 5.26 Å². The van der Waals surface area contributed by atoms with E-state index in [1.807, 2.05) is 24.3 Å². The van der Waals surface area contributed by atoms with Gasteiger partial charge < -0.3 is 10.5 Å². The van der Waals surface area contributed by atoms with E-state index < -0.39 is 0 Å². The summed E-state index contributed by atoms with van der Waals surface area (Å²) in [7, 11) is 0. The fourth-order valence-corrected chi connectivity index (χ4v) is 2.00. The average Bonchev–Trinajstić information content (AvgIpc) is 2.82. The van der Waals surface area contributed by atoms with Crippen LogP contribution in [0.4, 0.5) is 5.13 Å². The van der Waals surface area contributed by atoms with Crippen molar-refractivity contribution in [1.29, 1.82) is 5.26 Å². The van der Waals surface area contributed by atoms with Crippen LogP contribution in [-0.2, 0) is 0 Å². The van der Waals surface area contributed by atoms with Crippen molar-refractivity contribution in [2.45, 2.75) is 12.8 Å². The molecule has 6 heteroatoms. The minimum absolute atomic E-state index is 0.460. The van der Waals surface area contributed by atoms with Gasteiger partial charge in [0.05, 0.1) is 12.7 Å². The Bertz CT molecular complexity index is 544. The van der Waals surface area contributed by atoms with Crippen LogP contribution in [0.2, 0.25) is 0 Å². The van der Waals surface area contributed by atoms with Crippen LogP contribution >= 0.6 is 11.3 Å². The number of hydrogen-bond donors (Lipinski definition) is 1. The number of unbranched alkanes of at least 4 members (excludes halogenated alkanes) is 1. The van der Waals surface area contributed by atoms with Crippen LogP contribution in [-0.4, -0.2) is 16.8 Å². The van der Waals surface area contributed by atoms with Gasteiger partial charge in [-0.25, -0.2) is 0 Å². The molecule has 0 aliphatic carbocycles. The quantitative estimate of drug-likeness (QED) is 0.835. The summed E-state index contributed by atoms with van der Waals surface area (Å²) in [4.78, 5) is 0. The Morgan fingerprint density at radius 3 is 2.67 bits per heavy atom. The van der Waals surface area contributed by atoms with Crippen LogP contribution in [0.1, 0.15) is 12.8 Å².